The third-order valence-corrected chi connectivity index (χ3v) is 2.14. The molecule has 1 aromatic carbocycles. The van der Waals surface area contributed by atoms with Gasteiger partial charge in [-0.3, -0.25) is 0 Å². The largest absolute Gasteiger partial charge is 0.350 e. The van der Waals surface area contributed by atoms with Crippen LogP contribution < -0.4 is 5.69 Å². The van der Waals surface area contributed by atoms with Crippen LogP contribution >= 0.6 is 0 Å². The number of aryl methyl sites for hydroxylation is 1. The van der Waals surface area contributed by atoms with E-state index >= 15 is 0 Å². The summed E-state index contributed by atoms with van der Waals surface area (Å²) in [6.07, 6.45) is 1.32. The molecular weight excluding hydrogens is 197 g/mol. The van der Waals surface area contributed by atoms with Gasteiger partial charge in [0.05, 0.1) is 5.69 Å². The molecule has 1 heterocycles. The Kier molecular flexibility index (Phi) is 2.37. The van der Waals surface area contributed by atoms with E-state index in [9.17, 15) is 9.18 Å². The molecule has 2 aromatic rings. The summed E-state index contributed by atoms with van der Waals surface area (Å²) in [5.74, 6) is -0.435. The van der Waals surface area contributed by atoms with E-state index in [1.54, 1.807) is 25.1 Å². The van der Waals surface area contributed by atoms with Gasteiger partial charge in [-0.1, -0.05) is 12.1 Å². The number of hydrogen-bond donors (Lipinski definition) is 0. The highest BCUT2D eigenvalue weighted by Crippen LogP contribution is 2.09. The summed E-state index contributed by atoms with van der Waals surface area (Å²) < 4.78 is 15.8. The van der Waals surface area contributed by atoms with Crippen LogP contribution in [0.2, 0.25) is 0 Å². The molecule has 0 N–H and O–H groups in total. The highest BCUT2D eigenvalue weighted by molar-refractivity contribution is 5.32. The Morgan fingerprint density at radius 2 is 2.13 bits per heavy atom. The monoisotopic (exact) mass is 207 g/mol. The number of aromatic nitrogens is 3. The van der Waals surface area contributed by atoms with E-state index in [-0.39, 0.29) is 11.4 Å². The summed E-state index contributed by atoms with van der Waals surface area (Å²) >= 11 is 0. The Morgan fingerprint density at radius 1 is 1.40 bits per heavy atom. The SMILES string of the molecule is CCn1ncn(-c2ccccc2F)c1=O. The first-order chi connectivity index (χ1) is 7.24. The molecule has 1 aromatic heterocycles. The number of nitrogens with zero attached hydrogens (tertiary/aromatic N) is 3. The van der Waals surface area contributed by atoms with Crippen molar-refractivity contribution in [2.75, 3.05) is 0 Å². The van der Waals surface area contributed by atoms with Crippen molar-refractivity contribution < 1.29 is 4.39 Å². The van der Waals surface area contributed by atoms with Gasteiger partial charge in [-0.05, 0) is 19.1 Å². The lowest BCUT2D eigenvalue weighted by Gasteiger charge is -2.00. The third kappa shape index (κ3) is 1.56. The molecule has 4 nitrogen and oxygen atoms in total. The van der Waals surface area contributed by atoms with E-state index in [0.29, 0.717) is 6.54 Å². The highest BCUT2D eigenvalue weighted by Gasteiger charge is 2.08. The second-order valence-corrected chi connectivity index (χ2v) is 3.05. The van der Waals surface area contributed by atoms with E-state index < -0.39 is 5.82 Å². The lowest BCUT2D eigenvalue weighted by atomic mass is 10.3. The fourth-order valence-electron chi connectivity index (χ4n) is 1.37. The Bertz CT molecular complexity index is 529. The maximum Gasteiger partial charge on any atom is 0.350 e. The van der Waals surface area contributed by atoms with Gasteiger partial charge in [0.1, 0.15) is 12.1 Å². The number of halogens is 1. The molecule has 0 atom stereocenters. The normalized spacial score (nSPS) is 10.5. The minimum atomic E-state index is -0.435. The van der Waals surface area contributed by atoms with Crippen molar-refractivity contribution in [3.8, 4) is 5.69 Å². The summed E-state index contributed by atoms with van der Waals surface area (Å²) in [5.41, 5.74) is -0.107. The van der Waals surface area contributed by atoms with Crippen LogP contribution in [0.1, 0.15) is 6.92 Å². The zero-order chi connectivity index (χ0) is 10.8. The predicted molar refractivity (Wildman–Crippen MR) is 53.5 cm³/mol. The lowest BCUT2D eigenvalue weighted by Crippen LogP contribution is -2.23. The molecule has 0 aliphatic rings. The van der Waals surface area contributed by atoms with E-state index in [1.807, 2.05) is 0 Å². The van der Waals surface area contributed by atoms with Crippen molar-refractivity contribution in [1.29, 1.82) is 0 Å². The highest BCUT2D eigenvalue weighted by atomic mass is 19.1. The molecule has 0 unspecified atom stereocenters. The maximum atomic E-state index is 13.4. The van der Waals surface area contributed by atoms with Gasteiger partial charge in [-0.2, -0.15) is 5.10 Å². The van der Waals surface area contributed by atoms with E-state index in [1.165, 1.54) is 21.6 Å². The van der Waals surface area contributed by atoms with Crippen LogP contribution in [0.15, 0.2) is 35.4 Å². The van der Waals surface area contributed by atoms with E-state index in [0.717, 1.165) is 0 Å². The molecule has 0 aliphatic carbocycles. The summed E-state index contributed by atoms with van der Waals surface area (Å²) in [5, 5.41) is 3.85. The molecule has 0 bridgehead atoms. The summed E-state index contributed by atoms with van der Waals surface area (Å²) in [6, 6.07) is 6.10. The van der Waals surface area contributed by atoms with Crippen LogP contribution in [0.4, 0.5) is 4.39 Å². The van der Waals surface area contributed by atoms with Gasteiger partial charge in [0.2, 0.25) is 0 Å². The quantitative estimate of drug-likeness (QED) is 0.742. The fraction of sp³-hybridized carbons (Fsp3) is 0.200. The molecule has 0 radical (unpaired) electrons. The topological polar surface area (TPSA) is 39.8 Å². The van der Waals surface area contributed by atoms with Crippen LogP contribution in [-0.2, 0) is 6.54 Å². The molecule has 0 saturated heterocycles. The first-order valence-corrected chi connectivity index (χ1v) is 4.63. The van der Waals surface area contributed by atoms with E-state index in [4.69, 9.17) is 0 Å². The Balaban J connectivity index is 2.60. The predicted octanol–water partition coefficient (Wildman–Crippen LogP) is 1.19. The molecule has 2 rings (SSSR count). The van der Waals surface area contributed by atoms with Crippen molar-refractivity contribution >= 4 is 0 Å². The fourth-order valence-corrected chi connectivity index (χ4v) is 1.37. The Labute approximate surface area is 85.6 Å². The standard InChI is InChI=1S/C10H10FN3O/c1-2-14-10(15)13(7-12-14)9-6-4-3-5-8(9)11/h3-7H,2H2,1H3. The van der Waals surface area contributed by atoms with Crippen molar-refractivity contribution in [3.05, 3.63) is 46.9 Å². The maximum absolute atomic E-state index is 13.4. The molecule has 0 amide bonds. The molecule has 0 spiro atoms. The molecular formula is C10H10FN3O. The second-order valence-electron chi connectivity index (χ2n) is 3.05. The third-order valence-electron chi connectivity index (χ3n) is 2.14. The van der Waals surface area contributed by atoms with Crippen molar-refractivity contribution in [2.24, 2.45) is 0 Å². The molecule has 78 valence electrons. The van der Waals surface area contributed by atoms with Gasteiger partial charge < -0.3 is 0 Å². The molecule has 0 aliphatic heterocycles. The summed E-state index contributed by atoms with van der Waals surface area (Å²) in [6.45, 7) is 2.28. The van der Waals surface area contributed by atoms with Gasteiger partial charge in [-0.15, -0.1) is 0 Å². The molecule has 5 heteroatoms. The van der Waals surface area contributed by atoms with Gasteiger partial charge in [-0.25, -0.2) is 18.4 Å². The minimum Gasteiger partial charge on any atom is -0.247 e. The Morgan fingerprint density at radius 3 is 2.73 bits per heavy atom. The second kappa shape index (κ2) is 3.68. The first-order valence-electron chi connectivity index (χ1n) is 4.63. The number of hydrogen-bond acceptors (Lipinski definition) is 2. The van der Waals surface area contributed by atoms with Crippen LogP contribution in [0, 0.1) is 5.82 Å². The lowest BCUT2D eigenvalue weighted by molar-refractivity contribution is 0.607. The van der Waals surface area contributed by atoms with Crippen LogP contribution in [0.5, 0.6) is 0 Å². The van der Waals surface area contributed by atoms with Gasteiger partial charge >= 0.3 is 5.69 Å². The van der Waals surface area contributed by atoms with Gasteiger partial charge in [0, 0.05) is 6.54 Å². The molecule has 0 fully saturated rings. The molecule has 0 saturated carbocycles. The van der Waals surface area contributed by atoms with Crippen molar-refractivity contribution in [3.63, 3.8) is 0 Å². The summed E-state index contributed by atoms with van der Waals surface area (Å²) in [7, 11) is 0. The van der Waals surface area contributed by atoms with E-state index in [2.05, 4.69) is 5.10 Å². The minimum absolute atomic E-state index is 0.224. The van der Waals surface area contributed by atoms with Crippen LogP contribution in [0.25, 0.3) is 5.69 Å². The number of benzene rings is 1. The van der Waals surface area contributed by atoms with Gasteiger partial charge in [0.15, 0.2) is 0 Å². The molecule has 15 heavy (non-hydrogen) atoms. The summed E-state index contributed by atoms with van der Waals surface area (Å²) in [4.78, 5) is 11.6. The average Bonchev–Trinajstić information content (AvgIpc) is 2.60. The Hall–Kier alpha value is -1.91. The van der Waals surface area contributed by atoms with Gasteiger partial charge in [0.25, 0.3) is 0 Å². The zero-order valence-corrected chi connectivity index (χ0v) is 8.22. The first kappa shape index (κ1) is 9.64. The van der Waals surface area contributed by atoms with Crippen LogP contribution in [0.3, 0.4) is 0 Å². The van der Waals surface area contributed by atoms with Crippen LogP contribution in [-0.4, -0.2) is 14.3 Å². The smallest absolute Gasteiger partial charge is 0.247 e. The number of rotatable bonds is 2. The zero-order valence-electron chi connectivity index (χ0n) is 8.22. The number of para-hydroxylation sites is 1. The average molecular weight is 207 g/mol. The van der Waals surface area contributed by atoms with Crippen molar-refractivity contribution in [2.45, 2.75) is 13.5 Å². The van der Waals surface area contributed by atoms with Crippen molar-refractivity contribution in [1.82, 2.24) is 14.3 Å².